The van der Waals surface area contributed by atoms with Crippen molar-refractivity contribution in [3.63, 3.8) is 0 Å². The molecule has 2 aliphatic rings. The first-order valence-corrected chi connectivity index (χ1v) is 7.66. The molecule has 0 bridgehead atoms. The fraction of sp³-hybridized carbons (Fsp3) is 0.867. The van der Waals surface area contributed by atoms with Crippen LogP contribution < -0.4 is 5.32 Å². The van der Waals surface area contributed by atoms with Crippen LogP contribution in [0.15, 0.2) is 0 Å². The monoisotopic (exact) mass is 278 g/mol. The lowest BCUT2D eigenvalue weighted by atomic mass is 9.77. The molecule has 1 saturated carbocycles. The summed E-state index contributed by atoms with van der Waals surface area (Å²) in [7, 11) is 1.83. The highest BCUT2D eigenvalue weighted by Gasteiger charge is 2.40. The number of rotatable bonds is 3. The zero-order valence-electron chi connectivity index (χ0n) is 13.1. The third-order valence-corrected chi connectivity index (χ3v) is 4.84. The average molecular weight is 278 g/mol. The first-order chi connectivity index (χ1) is 9.45. The molecule has 1 aliphatic carbocycles. The van der Waals surface area contributed by atoms with Gasteiger partial charge in [0.1, 0.15) is 5.82 Å². The Bertz CT molecular complexity index is 479. The third-order valence-electron chi connectivity index (χ3n) is 4.84. The molecule has 1 aromatic heterocycles. The van der Waals surface area contributed by atoms with Crippen LogP contribution in [0.1, 0.15) is 57.7 Å². The van der Waals surface area contributed by atoms with Crippen LogP contribution in [0, 0.1) is 5.41 Å². The molecule has 5 heteroatoms. The topological polar surface area (TPSA) is 52.0 Å². The first kappa shape index (κ1) is 14.0. The molecule has 0 radical (unpaired) electrons. The van der Waals surface area contributed by atoms with Crippen LogP contribution in [-0.2, 0) is 17.7 Å². The Morgan fingerprint density at radius 2 is 2.10 bits per heavy atom. The van der Waals surface area contributed by atoms with Gasteiger partial charge < -0.3 is 14.6 Å². The lowest BCUT2D eigenvalue weighted by Gasteiger charge is -2.40. The predicted molar refractivity (Wildman–Crippen MR) is 77.5 cm³/mol. The van der Waals surface area contributed by atoms with Crippen molar-refractivity contribution in [2.75, 3.05) is 13.7 Å². The number of nitrogens with one attached hydrogen (secondary N) is 1. The molecule has 3 rings (SSSR count). The molecule has 0 amide bonds. The van der Waals surface area contributed by atoms with Gasteiger partial charge in [-0.3, -0.25) is 0 Å². The fourth-order valence-corrected chi connectivity index (χ4v) is 3.35. The summed E-state index contributed by atoms with van der Waals surface area (Å²) in [6.07, 6.45) is 4.45. The Hall–Kier alpha value is -0.940. The lowest BCUT2D eigenvalue weighted by molar-refractivity contribution is -0.0727. The molecule has 1 atom stereocenters. The maximum absolute atomic E-state index is 5.74. The van der Waals surface area contributed by atoms with E-state index in [-0.39, 0.29) is 17.1 Å². The van der Waals surface area contributed by atoms with Gasteiger partial charge in [-0.15, -0.1) is 10.2 Å². The SMILES string of the molecule is COC1(Cc2nnc3n2CCNC3C(C)(C)C)CCC1. The van der Waals surface area contributed by atoms with Crippen molar-refractivity contribution in [1.82, 2.24) is 20.1 Å². The molecule has 2 heterocycles. The molecule has 1 N–H and O–H groups in total. The second kappa shape index (κ2) is 4.81. The second-order valence-electron chi connectivity index (χ2n) is 7.30. The molecule has 112 valence electrons. The minimum absolute atomic E-state index is 0.0198. The molecule has 0 aromatic carbocycles. The minimum Gasteiger partial charge on any atom is -0.378 e. The normalized spacial score (nSPS) is 25.1. The van der Waals surface area contributed by atoms with Crippen LogP contribution >= 0.6 is 0 Å². The van der Waals surface area contributed by atoms with E-state index in [0.717, 1.165) is 44.0 Å². The van der Waals surface area contributed by atoms with Gasteiger partial charge >= 0.3 is 0 Å². The smallest absolute Gasteiger partial charge is 0.150 e. The number of fused-ring (bicyclic) bond motifs is 1. The minimum atomic E-state index is 0.0198. The van der Waals surface area contributed by atoms with Crippen molar-refractivity contribution >= 4 is 0 Å². The third kappa shape index (κ3) is 2.27. The fourth-order valence-electron chi connectivity index (χ4n) is 3.35. The summed E-state index contributed by atoms with van der Waals surface area (Å²) in [5, 5.41) is 12.5. The van der Waals surface area contributed by atoms with E-state index in [1.54, 1.807) is 0 Å². The predicted octanol–water partition coefficient (Wildman–Crippen LogP) is 2.08. The van der Waals surface area contributed by atoms with E-state index >= 15 is 0 Å². The maximum atomic E-state index is 5.74. The van der Waals surface area contributed by atoms with Gasteiger partial charge in [-0.25, -0.2) is 0 Å². The van der Waals surface area contributed by atoms with E-state index in [1.165, 1.54) is 6.42 Å². The van der Waals surface area contributed by atoms with Gasteiger partial charge in [-0.2, -0.15) is 0 Å². The molecule has 1 unspecified atom stereocenters. The molecule has 1 fully saturated rings. The summed E-state index contributed by atoms with van der Waals surface area (Å²) in [4.78, 5) is 0. The summed E-state index contributed by atoms with van der Waals surface area (Å²) in [5.41, 5.74) is 0.170. The van der Waals surface area contributed by atoms with Crippen LogP contribution in [-0.4, -0.2) is 34.0 Å². The van der Waals surface area contributed by atoms with Crippen molar-refractivity contribution in [2.45, 2.75) is 64.6 Å². The van der Waals surface area contributed by atoms with E-state index in [2.05, 4.69) is 40.9 Å². The van der Waals surface area contributed by atoms with Gasteiger partial charge in [0.25, 0.3) is 0 Å². The quantitative estimate of drug-likeness (QED) is 0.919. The van der Waals surface area contributed by atoms with Gasteiger partial charge in [0.15, 0.2) is 5.82 Å². The van der Waals surface area contributed by atoms with E-state index in [0.29, 0.717) is 0 Å². The van der Waals surface area contributed by atoms with E-state index in [9.17, 15) is 0 Å². The largest absolute Gasteiger partial charge is 0.378 e. The number of hydrogen-bond donors (Lipinski definition) is 1. The highest BCUT2D eigenvalue weighted by atomic mass is 16.5. The summed E-state index contributed by atoms with van der Waals surface area (Å²) in [5.74, 6) is 2.18. The number of aromatic nitrogens is 3. The molecule has 0 spiro atoms. The summed E-state index contributed by atoms with van der Waals surface area (Å²) in [6.45, 7) is 8.69. The Morgan fingerprint density at radius 3 is 2.65 bits per heavy atom. The Labute approximate surface area is 121 Å². The highest BCUT2D eigenvalue weighted by Crippen LogP contribution is 2.39. The molecule has 1 aliphatic heterocycles. The standard InChI is InChI=1S/C15H26N4O/c1-14(2,3)12-13-18-17-11(19(13)9-8-16-12)10-15(20-4)6-5-7-15/h12,16H,5-10H2,1-4H3. The number of nitrogens with zero attached hydrogens (tertiary/aromatic N) is 3. The van der Waals surface area contributed by atoms with Gasteiger partial charge in [-0.1, -0.05) is 20.8 Å². The molecular formula is C15H26N4O. The summed E-state index contributed by atoms with van der Waals surface area (Å²) >= 11 is 0. The summed E-state index contributed by atoms with van der Waals surface area (Å²) in [6, 6.07) is 0.275. The van der Waals surface area contributed by atoms with Crippen molar-refractivity contribution in [3.8, 4) is 0 Å². The Morgan fingerprint density at radius 1 is 1.35 bits per heavy atom. The zero-order chi connectivity index (χ0) is 14.4. The van der Waals surface area contributed by atoms with Crippen LogP contribution in [0.4, 0.5) is 0 Å². The highest BCUT2D eigenvalue weighted by molar-refractivity contribution is 5.10. The van der Waals surface area contributed by atoms with Crippen LogP contribution in [0.2, 0.25) is 0 Å². The second-order valence-corrected chi connectivity index (χ2v) is 7.30. The number of hydrogen-bond acceptors (Lipinski definition) is 4. The van der Waals surface area contributed by atoms with E-state index in [4.69, 9.17) is 4.74 Å². The zero-order valence-corrected chi connectivity index (χ0v) is 13.1. The van der Waals surface area contributed by atoms with Crippen molar-refractivity contribution in [1.29, 1.82) is 0 Å². The van der Waals surface area contributed by atoms with Gasteiger partial charge in [0, 0.05) is 26.6 Å². The lowest BCUT2D eigenvalue weighted by Crippen LogP contribution is -2.44. The van der Waals surface area contributed by atoms with E-state index in [1.807, 2.05) is 7.11 Å². The maximum Gasteiger partial charge on any atom is 0.150 e. The molecule has 0 saturated heterocycles. The molecule has 1 aromatic rings. The molecular weight excluding hydrogens is 252 g/mol. The van der Waals surface area contributed by atoms with Crippen molar-refractivity contribution < 1.29 is 4.74 Å². The Kier molecular flexibility index (Phi) is 3.37. The van der Waals surface area contributed by atoms with Gasteiger partial charge in [-0.05, 0) is 24.7 Å². The van der Waals surface area contributed by atoms with Crippen LogP contribution in [0.25, 0.3) is 0 Å². The van der Waals surface area contributed by atoms with Gasteiger partial charge in [0.2, 0.25) is 0 Å². The summed E-state index contributed by atoms with van der Waals surface area (Å²) < 4.78 is 8.05. The Balaban J connectivity index is 1.87. The van der Waals surface area contributed by atoms with Crippen LogP contribution in [0.3, 0.4) is 0 Å². The first-order valence-electron chi connectivity index (χ1n) is 7.66. The molecule has 5 nitrogen and oxygen atoms in total. The molecule has 20 heavy (non-hydrogen) atoms. The van der Waals surface area contributed by atoms with Crippen LogP contribution in [0.5, 0.6) is 0 Å². The average Bonchev–Trinajstić information content (AvgIpc) is 2.75. The number of ether oxygens (including phenoxy) is 1. The van der Waals surface area contributed by atoms with E-state index < -0.39 is 0 Å². The number of methoxy groups -OCH3 is 1. The van der Waals surface area contributed by atoms with Crippen molar-refractivity contribution in [3.05, 3.63) is 11.6 Å². The van der Waals surface area contributed by atoms with Gasteiger partial charge in [0.05, 0.1) is 11.6 Å². The van der Waals surface area contributed by atoms with Crippen molar-refractivity contribution in [2.24, 2.45) is 5.41 Å².